The van der Waals surface area contributed by atoms with Crippen molar-refractivity contribution in [1.82, 2.24) is 15.5 Å². The first-order valence-corrected chi connectivity index (χ1v) is 10.2. The van der Waals surface area contributed by atoms with Gasteiger partial charge in [0, 0.05) is 36.5 Å². The monoisotopic (exact) mass is 325 g/mol. The van der Waals surface area contributed by atoms with E-state index in [1.54, 1.807) is 0 Å². The van der Waals surface area contributed by atoms with E-state index in [2.05, 4.69) is 22.5 Å². The maximum atomic E-state index is 12.3. The van der Waals surface area contributed by atoms with E-state index >= 15 is 0 Å². The molecule has 0 aromatic heterocycles. The average molecular weight is 326 g/mol. The van der Waals surface area contributed by atoms with Crippen molar-refractivity contribution < 1.29 is 4.79 Å². The highest BCUT2D eigenvalue weighted by Gasteiger charge is 2.32. The molecule has 0 aromatic rings. The van der Waals surface area contributed by atoms with Gasteiger partial charge in [0.1, 0.15) is 0 Å². The van der Waals surface area contributed by atoms with Crippen LogP contribution in [0.3, 0.4) is 0 Å². The van der Waals surface area contributed by atoms with Crippen LogP contribution in [-0.4, -0.2) is 53.1 Å². The van der Waals surface area contributed by atoms with Crippen molar-refractivity contribution in [3.8, 4) is 0 Å². The highest BCUT2D eigenvalue weighted by molar-refractivity contribution is 7.99. The molecule has 3 rings (SSSR count). The Morgan fingerprint density at radius 1 is 1.05 bits per heavy atom. The van der Waals surface area contributed by atoms with Crippen molar-refractivity contribution in [2.45, 2.75) is 81.7 Å². The van der Waals surface area contributed by atoms with E-state index < -0.39 is 0 Å². The molecule has 1 heterocycles. The Hall–Kier alpha value is -0.420. The SMILES string of the molecule is CCS[C@@H]1CCCC[C@@H]1NC(=O)NC1CCN(C2CC2)CC1. The van der Waals surface area contributed by atoms with Gasteiger partial charge in [-0.25, -0.2) is 4.79 Å². The van der Waals surface area contributed by atoms with Gasteiger partial charge in [-0.15, -0.1) is 0 Å². The van der Waals surface area contributed by atoms with Gasteiger partial charge < -0.3 is 15.5 Å². The summed E-state index contributed by atoms with van der Waals surface area (Å²) in [5, 5.41) is 7.10. The number of piperidine rings is 1. The van der Waals surface area contributed by atoms with Crippen LogP contribution in [0.25, 0.3) is 0 Å². The Morgan fingerprint density at radius 3 is 2.45 bits per heavy atom. The zero-order valence-electron chi connectivity index (χ0n) is 13.9. The molecule has 3 fully saturated rings. The van der Waals surface area contributed by atoms with E-state index in [1.807, 2.05) is 11.8 Å². The average Bonchev–Trinajstić information content (AvgIpc) is 3.35. The van der Waals surface area contributed by atoms with E-state index in [-0.39, 0.29) is 6.03 Å². The van der Waals surface area contributed by atoms with Crippen molar-refractivity contribution in [3.63, 3.8) is 0 Å². The Kier molecular flexibility index (Phi) is 5.91. The molecule has 0 aromatic carbocycles. The summed E-state index contributed by atoms with van der Waals surface area (Å²) in [6, 6.07) is 1.67. The standard InChI is InChI=1S/C17H31N3OS/c1-2-22-16-6-4-3-5-15(16)19-17(21)18-13-9-11-20(12-10-13)14-7-8-14/h13-16H,2-12H2,1H3,(H2,18,19,21)/t15-,16+/m0/s1. The highest BCUT2D eigenvalue weighted by Crippen LogP contribution is 2.30. The Labute approximate surface area is 139 Å². The smallest absolute Gasteiger partial charge is 0.315 e. The lowest BCUT2D eigenvalue weighted by Gasteiger charge is -2.34. The second kappa shape index (κ2) is 7.91. The van der Waals surface area contributed by atoms with Gasteiger partial charge in [-0.3, -0.25) is 0 Å². The van der Waals surface area contributed by atoms with Crippen LogP contribution in [0.15, 0.2) is 0 Å². The third kappa shape index (κ3) is 4.54. The van der Waals surface area contributed by atoms with Crippen LogP contribution in [0.2, 0.25) is 0 Å². The number of rotatable bonds is 5. The second-order valence-electron chi connectivity index (χ2n) is 7.04. The molecular weight excluding hydrogens is 294 g/mol. The number of urea groups is 1. The number of hydrogen-bond acceptors (Lipinski definition) is 3. The molecule has 0 unspecified atom stereocenters. The first-order chi connectivity index (χ1) is 10.8. The van der Waals surface area contributed by atoms with Crippen LogP contribution < -0.4 is 10.6 Å². The number of amides is 2. The predicted molar refractivity (Wildman–Crippen MR) is 93.5 cm³/mol. The van der Waals surface area contributed by atoms with Crippen LogP contribution in [-0.2, 0) is 0 Å². The van der Waals surface area contributed by atoms with Gasteiger partial charge in [-0.2, -0.15) is 11.8 Å². The molecule has 22 heavy (non-hydrogen) atoms. The van der Waals surface area contributed by atoms with Gasteiger partial charge in [0.05, 0.1) is 0 Å². The minimum atomic E-state index is 0.0680. The summed E-state index contributed by atoms with van der Waals surface area (Å²) in [4.78, 5) is 14.9. The van der Waals surface area contributed by atoms with Crippen molar-refractivity contribution >= 4 is 17.8 Å². The molecule has 0 bridgehead atoms. The van der Waals surface area contributed by atoms with E-state index in [9.17, 15) is 4.79 Å². The number of carbonyl (C=O) groups excluding carboxylic acids is 1. The fourth-order valence-electron chi connectivity index (χ4n) is 3.92. The lowest BCUT2D eigenvalue weighted by molar-refractivity contribution is 0.184. The van der Waals surface area contributed by atoms with Gasteiger partial charge in [-0.05, 0) is 44.3 Å². The van der Waals surface area contributed by atoms with Crippen molar-refractivity contribution in [2.75, 3.05) is 18.8 Å². The zero-order valence-corrected chi connectivity index (χ0v) is 14.7. The van der Waals surface area contributed by atoms with Gasteiger partial charge in [0.2, 0.25) is 0 Å². The zero-order chi connectivity index (χ0) is 15.4. The summed E-state index contributed by atoms with van der Waals surface area (Å²) in [6.07, 6.45) is 9.97. The van der Waals surface area contributed by atoms with Crippen LogP contribution >= 0.6 is 11.8 Å². The third-order valence-electron chi connectivity index (χ3n) is 5.33. The van der Waals surface area contributed by atoms with Gasteiger partial charge in [0.15, 0.2) is 0 Å². The van der Waals surface area contributed by atoms with Crippen molar-refractivity contribution in [2.24, 2.45) is 0 Å². The minimum Gasteiger partial charge on any atom is -0.335 e. The van der Waals surface area contributed by atoms with E-state index in [0.29, 0.717) is 17.3 Å². The normalized spacial score (nSPS) is 31.0. The van der Waals surface area contributed by atoms with Crippen molar-refractivity contribution in [1.29, 1.82) is 0 Å². The lowest BCUT2D eigenvalue weighted by Crippen LogP contribution is -2.52. The summed E-state index contributed by atoms with van der Waals surface area (Å²) >= 11 is 2.01. The van der Waals surface area contributed by atoms with Crippen LogP contribution in [0.1, 0.15) is 58.3 Å². The Bertz CT molecular complexity index is 365. The molecular formula is C17H31N3OS. The summed E-state index contributed by atoms with van der Waals surface area (Å²) in [6.45, 7) is 4.53. The second-order valence-corrected chi connectivity index (χ2v) is 8.56. The summed E-state index contributed by atoms with van der Waals surface area (Å²) in [7, 11) is 0. The van der Waals surface area contributed by atoms with E-state index in [1.165, 1.54) is 32.1 Å². The number of nitrogens with zero attached hydrogens (tertiary/aromatic N) is 1. The van der Waals surface area contributed by atoms with Crippen LogP contribution in [0.5, 0.6) is 0 Å². The highest BCUT2D eigenvalue weighted by atomic mass is 32.2. The number of carbonyl (C=O) groups is 1. The van der Waals surface area contributed by atoms with Crippen molar-refractivity contribution in [3.05, 3.63) is 0 Å². The molecule has 2 aliphatic carbocycles. The van der Waals surface area contributed by atoms with Gasteiger partial charge in [-0.1, -0.05) is 19.8 Å². The molecule has 3 aliphatic rings. The number of thioether (sulfide) groups is 1. The summed E-state index contributed by atoms with van der Waals surface area (Å²) in [5.74, 6) is 1.14. The molecule has 4 nitrogen and oxygen atoms in total. The molecule has 5 heteroatoms. The number of hydrogen-bond donors (Lipinski definition) is 2. The first kappa shape index (κ1) is 16.4. The molecule has 0 radical (unpaired) electrons. The fourth-order valence-corrected chi connectivity index (χ4v) is 5.12. The topological polar surface area (TPSA) is 44.4 Å². The molecule has 2 atom stereocenters. The minimum absolute atomic E-state index is 0.0680. The lowest BCUT2D eigenvalue weighted by atomic mass is 9.95. The maximum absolute atomic E-state index is 12.3. The number of likely N-dealkylation sites (tertiary alicyclic amines) is 1. The molecule has 1 saturated heterocycles. The number of nitrogens with one attached hydrogen (secondary N) is 2. The molecule has 126 valence electrons. The Balaban J connectivity index is 1.39. The van der Waals surface area contributed by atoms with E-state index in [0.717, 1.165) is 44.1 Å². The quantitative estimate of drug-likeness (QED) is 0.817. The van der Waals surface area contributed by atoms with E-state index in [4.69, 9.17) is 0 Å². The molecule has 2 N–H and O–H groups in total. The summed E-state index contributed by atoms with van der Waals surface area (Å²) in [5.41, 5.74) is 0. The van der Waals surface area contributed by atoms with Gasteiger partial charge >= 0.3 is 6.03 Å². The molecule has 0 spiro atoms. The Morgan fingerprint density at radius 2 is 1.77 bits per heavy atom. The fraction of sp³-hybridized carbons (Fsp3) is 0.941. The molecule has 2 saturated carbocycles. The van der Waals surface area contributed by atoms with Crippen LogP contribution in [0.4, 0.5) is 4.79 Å². The largest absolute Gasteiger partial charge is 0.335 e. The first-order valence-electron chi connectivity index (χ1n) is 9.19. The van der Waals surface area contributed by atoms with Crippen LogP contribution in [0, 0.1) is 0 Å². The molecule has 2 amide bonds. The molecule has 1 aliphatic heterocycles. The maximum Gasteiger partial charge on any atom is 0.315 e. The predicted octanol–water partition coefficient (Wildman–Crippen LogP) is 2.98. The van der Waals surface area contributed by atoms with Gasteiger partial charge in [0.25, 0.3) is 0 Å². The third-order valence-corrected chi connectivity index (χ3v) is 6.65. The summed E-state index contributed by atoms with van der Waals surface area (Å²) < 4.78 is 0.